The van der Waals surface area contributed by atoms with Crippen molar-refractivity contribution >= 4 is 17.7 Å². The minimum Gasteiger partial charge on any atom is -0.376 e. The van der Waals surface area contributed by atoms with E-state index in [1.54, 1.807) is 11.8 Å². The molecule has 20 heavy (non-hydrogen) atoms. The summed E-state index contributed by atoms with van der Waals surface area (Å²) in [6.45, 7) is 4.54. The van der Waals surface area contributed by atoms with Gasteiger partial charge in [0.05, 0.1) is 11.9 Å². The number of thioether (sulfide) groups is 1. The van der Waals surface area contributed by atoms with Crippen LogP contribution in [0.4, 0.5) is 0 Å². The molecule has 0 spiro atoms. The van der Waals surface area contributed by atoms with Crippen LogP contribution in [0.1, 0.15) is 26.2 Å². The molecule has 1 saturated heterocycles. The summed E-state index contributed by atoms with van der Waals surface area (Å²) in [5, 5.41) is 0. The highest BCUT2D eigenvalue weighted by Gasteiger charge is 2.23. The summed E-state index contributed by atoms with van der Waals surface area (Å²) in [4.78, 5) is 15.3. The van der Waals surface area contributed by atoms with E-state index >= 15 is 0 Å². The van der Waals surface area contributed by atoms with Gasteiger partial charge in [-0.3, -0.25) is 4.79 Å². The number of hydrogen-bond acceptors (Lipinski definition) is 3. The molecule has 1 heterocycles. The van der Waals surface area contributed by atoms with Crippen molar-refractivity contribution in [2.45, 2.75) is 37.2 Å². The molecular formula is C16H23NO2S. The normalized spacial score (nSPS) is 19.1. The number of ether oxygens (including phenoxy) is 1. The second-order valence-electron chi connectivity index (χ2n) is 5.08. The average molecular weight is 293 g/mol. The highest BCUT2D eigenvalue weighted by Crippen LogP contribution is 2.19. The molecule has 0 saturated carbocycles. The Kier molecular flexibility index (Phi) is 6.40. The van der Waals surface area contributed by atoms with Crippen LogP contribution in [0.5, 0.6) is 0 Å². The SMILES string of the molecule is CCCO[C@H]1CCCN(C(=O)CSc2ccccc2)C1. The van der Waals surface area contributed by atoms with Crippen LogP contribution < -0.4 is 0 Å². The van der Waals surface area contributed by atoms with E-state index in [1.807, 2.05) is 35.2 Å². The van der Waals surface area contributed by atoms with Gasteiger partial charge in [-0.25, -0.2) is 0 Å². The van der Waals surface area contributed by atoms with Crippen LogP contribution in [0.15, 0.2) is 35.2 Å². The van der Waals surface area contributed by atoms with E-state index in [0.717, 1.165) is 43.9 Å². The molecule has 1 aliphatic rings. The molecule has 2 rings (SSSR count). The molecule has 4 heteroatoms. The number of likely N-dealkylation sites (tertiary alicyclic amines) is 1. The minimum atomic E-state index is 0.226. The summed E-state index contributed by atoms with van der Waals surface area (Å²) in [5.41, 5.74) is 0. The fourth-order valence-corrected chi connectivity index (χ4v) is 3.16. The lowest BCUT2D eigenvalue weighted by Crippen LogP contribution is -2.44. The smallest absolute Gasteiger partial charge is 0.233 e. The first kappa shape index (κ1) is 15.4. The van der Waals surface area contributed by atoms with E-state index in [-0.39, 0.29) is 12.0 Å². The number of rotatable bonds is 6. The topological polar surface area (TPSA) is 29.5 Å². The van der Waals surface area contributed by atoms with Crippen LogP contribution >= 0.6 is 11.8 Å². The van der Waals surface area contributed by atoms with E-state index in [2.05, 4.69) is 6.92 Å². The van der Waals surface area contributed by atoms with Crippen molar-refractivity contribution < 1.29 is 9.53 Å². The molecule has 1 atom stereocenters. The molecule has 110 valence electrons. The van der Waals surface area contributed by atoms with Crippen molar-refractivity contribution in [2.24, 2.45) is 0 Å². The molecule has 0 aromatic heterocycles. The molecule has 1 aromatic rings. The van der Waals surface area contributed by atoms with Crippen LogP contribution in [0, 0.1) is 0 Å². The molecule has 0 aliphatic carbocycles. The lowest BCUT2D eigenvalue weighted by Gasteiger charge is -2.32. The fourth-order valence-electron chi connectivity index (χ4n) is 2.34. The van der Waals surface area contributed by atoms with Crippen molar-refractivity contribution in [3.8, 4) is 0 Å². The summed E-state index contributed by atoms with van der Waals surface area (Å²) in [6.07, 6.45) is 3.40. The molecule has 0 N–H and O–H groups in total. The van der Waals surface area contributed by atoms with E-state index in [9.17, 15) is 4.79 Å². The van der Waals surface area contributed by atoms with Crippen LogP contribution in [0.2, 0.25) is 0 Å². The molecule has 0 bridgehead atoms. The second-order valence-corrected chi connectivity index (χ2v) is 6.13. The van der Waals surface area contributed by atoms with Gasteiger partial charge < -0.3 is 9.64 Å². The highest BCUT2D eigenvalue weighted by molar-refractivity contribution is 8.00. The van der Waals surface area contributed by atoms with Gasteiger partial charge in [-0.1, -0.05) is 25.1 Å². The van der Waals surface area contributed by atoms with Crippen LogP contribution in [0.3, 0.4) is 0 Å². The maximum atomic E-state index is 12.2. The Morgan fingerprint density at radius 2 is 2.20 bits per heavy atom. The van der Waals surface area contributed by atoms with Gasteiger partial charge >= 0.3 is 0 Å². The lowest BCUT2D eigenvalue weighted by atomic mass is 10.1. The third kappa shape index (κ3) is 4.84. The summed E-state index contributed by atoms with van der Waals surface area (Å²) < 4.78 is 5.77. The minimum absolute atomic E-state index is 0.226. The van der Waals surface area contributed by atoms with E-state index in [1.165, 1.54) is 0 Å². The van der Waals surface area contributed by atoms with Gasteiger partial charge in [0.1, 0.15) is 0 Å². The Morgan fingerprint density at radius 1 is 1.40 bits per heavy atom. The van der Waals surface area contributed by atoms with Crippen molar-refractivity contribution in [3.05, 3.63) is 30.3 Å². The van der Waals surface area contributed by atoms with Gasteiger partial charge in [-0.05, 0) is 31.4 Å². The Balaban J connectivity index is 1.77. The number of piperidine rings is 1. The van der Waals surface area contributed by atoms with Crippen molar-refractivity contribution in [2.75, 3.05) is 25.4 Å². The molecule has 0 radical (unpaired) electrons. The molecule has 3 nitrogen and oxygen atoms in total. The van der Waals surface area contributed by atoms with Gasteiger partial charge in [-0.2, -0.15) is 0 Å². The average Bonchev–Trinajstić information content (AvgIpc) is 2.52. The first-order valence-electron chi connectivity index (χ1n) is 7.37. The van der Waals surface area contributed by atoms with Crippen LogP contribution in [-0.2, 0) is 9.53 Å². The number of carbonyl (C=O) groups excluding carboxylic acids is 1. The van der Waals surface area contributed by atoms with Crippen molar-refractivity contribution in [3.63, 3.8) is 0 Å². The standard InChI is InChI=1S/C16H23NO2S/c1-2-11-19-14-7-6-10-17(12-14)16(18)13-20-15-8-4-3-5-9-15/h3-5,8-9,14H,2,6-7,10-13H2,1H3/t14-/m0/s1. The monoisotopic (exact) mass is 293 g/mol. The van der Waals surface area contributed by atoms with Gasteiger partial charge in [0.2, 0.25) is 5.91 Å². The van der Waals surface area contributed by atoms with E-state index < -0.39 is 0 Å². The maximum Gasteiger partial charge on any atom is 0.233 e. The highest BCUT2D eigenvalue weighted by atomic mass is 32.2. The second kappa shape index (κ2) is 8.32. The quantitative estimate of drug-likeness (QED) is 0.754. The predicted molar refractivity (Wildman–Crippen MR) is 83.0 cm³/mol. The van der Waals surface area contributed by atoms with Gasteiger partial charge in [-0.15, -0.1) is 11.8 Å². The number of carbonyl (C=O) groups is 1. The summed E-state index contributed by atoms with van der Waals surface area (Å²) in [6, 6.07) is 10.1. The molecule has 1 fully saturated rings. The number of benzene rings is 1. The van der Waals surface area contributed by atoms with E-state index in [0.29, 0.717) is 5.75 Å². The van der Waals surface area contributed by atoms with Crippen LogP contribution in [0.25, 0.3) is 0 Å². The zero-order valence-electron chi connectivity index (χ0n) is 12.1. The molecule has 1 aromatic carbocycles. The van der Waals surface area contributed by atoms with Gasteiger partial charge in [0.15, 0.2) is 0 Å². The first-order valence-corrected chi connectivity index (χ1v) is 8.35. The Labute approximate surface area is 125 Å². The Hall–Kier alpha value is -1.00. The Bertz CT molecular complexity index is 410. The largest absolute Gasteiger partial charge is 0.376 e. The van der Waals surface area contributed by atoms with Crippen molar-refractivity contribution in [1.82, 2.24) is 4.90 Å². The first-order chi connectivity index (χ1) is 9.79. The zero-order chi connectivity index (χ0) is 14.2. The van der Waals surface area contributed by atoms with E-state index in [4.69, 9.17) is 4.74 Å². The van der Waals surface area contributed by atoms with Gasteiger partial charge in [0, 0.05) is 24.6 Å². The summed E-state index contributed by atoms with van der Waals surface area (Å²) in [7, 11) is 0. The molecule has 1 amide bonds. The third-order valence-electron chi connectivity index (χ3n) is 3.39. The molecule has 0 unspecified atom stereocenters. The van der Waals surface area contributed by atoms with Crippen LogP contribution in [-0.4, -0.2) is 42.4 Å². The maximum absolute atomic E-state index is 12.2. The fraction of sp³-hybridized carbons (Fsp3) is 0.562. The summed E-state index contributed by atoms with van der Waals surface area (Å²) >= 11 is 1.61. The summed E-state index contributed by atoms with van der Waals surface area (Å²) in [5.74, 6) is 0.744. The lowest BCUT2D eigenvalue weighted by molar-refractivity contribution is -0.132. The van der Waals surface area contributed by atoms with Gasteiger partial charge in [0.25, 0.3) is 0 Å². The number of amides is 1. The Morgan fingerprint density at radius 3 is 2.95 bits per heavy atom. The zero-order valence-corrected chi connectivity index (χ0v) is 12.9. The third-order valence-corrected chi connectivity index (χ3v) is 4.39. The number of nitrogens with zero attached hydrogens (tertiary/aromatic N) is 1. The molecule has 1 aliphatic heterocycles. The van der Waals surface area contributed by atoms with Crippen molar-refractivity contribution in [1.29, 1.82) is 0 Å². The predicted octanol–water partition coefficient (Wildman–Crippen LogP) is 3.20. The number of hydrogen-bond donors (Lipinski definition) is 0. The molecular weight excluding hydrogens is 270 g/mol.